The van der Waals surface area contributed by atoms with Crippen LogP contribution < -0.4 is 0 Å². The van der Waals surface area contributed by atoms with Crippen LogP contribution in [0.4, 0.5) is 0 Å². The molecule has 0 saturated carbocycles. The van der Waals surface area contributed by atoms with E-state index in [2.05, 4.69) is 4.98 Å². The van der Waals surface area contributed by atoms with Crippen molar-refractivity contribution in [1.29, 1.82) is 0 Å². The number of carbonyl (C=O) groups is 1. The highest BCUT2D eigenvalue weighted by Crippen LogP contribution is 2.15. The van der Waals surface area contributed by atoms with Gasteiger partial charge in [0, 0.05) is 19.3 Å². The molecule has 1 aromatic rings. The van der Waals surface area contributed by atoms with Gasteiger partial charge in [0.05, 0.1) is 12.0 Å². The molecule has 16 heavy (non-hydrogen) atoms. The Morgan fingerprint density at radius 1 is 1.62 bits per heavy atom. The Morgan fingerprint density at radius 2 is 2.25 bits per heavy atom. The summed E-state index contributed by atoms with van der Waals surface area (Å²) in [6.07, 6.45) is 3.54. The van der Waals surface area contributed by atoms with Crippen LogP contribution in [-0.4, -0.2) is 38.1 Å². The van der Waals surface area contributed by atoms with Crippen molar-refractivity contribution in [2.75, 3.05) is 7.05 Å². The lowest BCUT2D eigenvalue weighted by molar-refractivity contribution is -0.148. The molecular weight excluding hydrogens is 206 g/mol. The molecule has 0 aliphatic rings. The van der Waals surface area contributed by atoms with Gasteiger partial charge in [-0.05, 0) is 27.8 Å². The van der Waals surface area contributed by atoms with Gasteiger partial charge in [0.2, 0.25) is 0 Å². The summed E-state index contributed by atoms with van der Waals surface area (Å²) in [5, 5.41) is 9.10. The lowest BCUT2D eigenvalue weighted by Crippen LogP contribution is -2.47. The van der Waals surface area contributed by atoms with Gasteiger partial charge in [-0.2, -0.15) is 0 Å². The molecule has 0 unspecified atom stereocenters. The Labute approximate surface area is 95.7 Å². The van der Waals surface area contributed by atoms with E-state index in [0.29, 0.717) is 6.54 Å². The third-order valence-electron chi connectivity index (χ3n) is 3.02. The average molecular weight is 225 g/mol. The van der Waals surface area contributed by atoms with Crippen LogP contribution in [0.2, 0.25) is 0 Å². The van der Waals surface area contributed by atoms with Gasteiger partial charge in [0.25, 0.3) is 0 Å². The zero-order valence-corrected chi connectivity index (χ0v) is 10.3. The number of aliphatic carboxylic acids is 1. The number of hydrogen-bond acceptors (Lipinski definition) is 3. The van der Waals surface area contributed by atoms with Crippen LogP contribution in [0.25, 0.3) is 0 Å². The molecule has 1 rings (SSSR count). The van der Waals surface area contributed by atoms with E-state index in [9.17, 15) is 4.79 Å². The number of carboxylic acids is 1. The van der Waals surface area contributed by atoms with Crippen molar-refractivity contribution < 1.29 is 9.90 Å². The smallest absolute Gasteiger partial charge is 0.323 e. The van der Waals surface area contributed by atoms with Crippen LogP contribution in [0.1, 0.15) is 26.5 Å². The van der Waals surface area contributed by atoms with E-state index in [1.165, 1.54) is 0 Å². The number of hydrogen-bond donors (Lipinski definition) is 1. The first kappa shape index (κ1) is 12.7. The number of carboxylic acid groups (broad SMARTS) is 1. The van der Waals surface area contributed by atoms with Crippen LogP contribution in [0, 0.1) is 0 Å². The minimum Gasteiger partial charge on any atom is -0.480 e. The summed E-state index contributed by atoms with van der Waals surface area (Å²) < 4.78 is 2.01. The second kappa shape index (κ2) is 4.65. The first-order chi connectivity index (χ1) is 7.39. The molecule has 0 fully saturated rings. The van der Waals surface area contributed by atoms with E-state index < -0.39 is 11.5 Å². The van der Waals surface area contributed by atoms with Crippen LogP contribution in [0.3, 0.4) is 0 Å². The monoisotopic (exact) mass is 225 g/mol. The standard InChI is InChI=1S/C11H19N3O2/c1-5-14-8-12-6-9(14)7-13(4)11(2,3)10(15)16/h6,8H,5,7H2,1-4H3,(H,15,16). The zero-order valence-electron chi connectivity index (χ0n) is 10.3. The molecule has 0 aliphatic heterocycles. The summed E-state index contributed by atoms with van der Waals surface area (Å²) in [5.41, 5.74) is 0.155. The minimum absolute atomic E-state index is 0.577. The van der Waals surface area contributed by atoms with Gasteiger partial charge < -0.3 is 9.67 Å². The maximum absolute atomic E-state index is 11.1. The summed E-state index contributed by atoms with van der Waals surface area (Å²) in [6, 6.07) is 0. The van der Waals surface area contributed by atoms with Crippen LogP contribution in [-0.2, 0) is 17.9 Å². The van der Waals surface area contributed by atoms with Crippen molar-refractivity contribution in [1.82, 2.24) is 14.5 Å². The molecule has 5 nitrogen and oxygen atoms in total. The quantitative estimate of drug-likeness (QED) is 0.818. The molecule has 0 atom stereocenters. The number of rotatable bonds is 5. The van der Waals surface area contributed by atoms with Crippen molar-refractivity contribution in [2.45, 2.75) is 39.4 Å². The van der Waals surface area contributed by atoms with Crippen molar-refractivity contribution in [3.05, 3.63) is 18.2 Å². The molecule has 0 amide bonds. The van der Waals surface area contributed by atoms with Gasteiger partial charge in [-0.3, -0.25) is 9.69 Å². The van der Waals surface area contributed by atoms with Crippen molar-refractivity contribution in [3.63, 3.8) is 0 Å². The van der Waals surface area contributed by atoms with Gasteiger partial charge in [-0.1, -0.05) is 0 Å². The molecule has 1 aromatic heterocycles. The molecule has 1 N–H and O–H groups in total. The van der Waals surface area contributed by atoms with Crippen LogP contribution in [0.15, 0.2) is 12.5 Å². The van der Waals surface area contributed by atoms with E-state index in [1.54, 1.807) is 38.3 Å². The molecule has 0 spiro atoms. The Bertz CT molecular complexity index is 371. The summed E-state index contributed by atoms with van der Waals surface area (Å²) in [6.45, 7) is 6.85. The van der Waals surface area contributed by atoms with E-state index >= 15 is 0 Å². The van der Waals surface area contributed by atoms with Crippen LogP contribution in [0.5, 0.6) is 0 Å². The van der Waals surface area contributed by atoms with Crippen molar-refractivity contribution in [3.8, 4) is 0 Å². The summed E-state index contributed by atoms with van der Waals surface area (Å²) >= 11 is 0. The summed E-state index contributed by atoms with van der Waals surface area (Å²) in [5.74, 6) is -0.822. The number of imidazole rings is 1. The molecule has 0 aliphatic carbocycles. The molecule has 0 aromatic carbocycles. The number of likely N-dealkylation sites (N-methyl/N-ethyl adjacent to an activating group) is 1. The minimum atomic E-state index is -0.872. The first-order valence-electron chi connectivity index (χ1n) is 5.33. The second-order valence-corrected chi connectivity index (χ2v) is 4.39. The van der Waals surface area contributed by atoms with Crippen LogP contribution >= 0.6 is 0 Å². The summed E-state index contributed by atoms with van der Waals surface area (Å²) in [7, 11) is 1.81. The Kier molecular flexibility index (Phi) is 3.70. The fourth-order valence-electron chi connectivity index (χ4n) is 1.37. The van der Waals surface area contributed by atoms with Gasteiger partial charge in [-0.15, -0.1) is 0 Å². The lowest BCUT2D eigenvalue weighted by atomic mass is 10.0. The molecule has 5 heteroatoms. The van der Waals surface area contributed by atoms with E-state index in [4.69, 9.17) is 5.11 Å². The SMILES string of the molecule is CCn1cncc1CN(C)C(C)(C)C(=O)O. The normalized spacial score (nSPS) is 12.1. The van der Waals surface area contributed by atoms with E-state index in [-0.39, 0.29) is 0 Å². The van der Waals surface area contributed by atoms with E-state index in [0.717, 1.165) is 12.2 Å². The Hall–Kier alpha value is -1.36. The predicted molar refractivity (Wildman–Crippen MR) is 61.1 cm³/mol. The fraction of sp³-hybridized carbons (Fsp3) is 0.636. The third kappa shape index (κ3) is 2.41. The first-order valence-corrected chi connectivity index (χ1v) is 5.33. The maximum atomic E-state index is 11.1. The predicted octanol–water partition coefficient (Wildman–Crippen LogP) is 1.20. The average Bonchev–Trinajstić information content (AvgIpc) is 2.64. The van der Waals surface area contributed by atoms with Crippen molar-refractivity contribution in [2.24, 2.45) is 0 Å². The maximum Gasteiger partial charge on any atom is 0.323 e. The number of aromatic nitrogens is 2. The summed E-state index contributed by atoms with van der Waals surface area (Å²) in [4.78, 5) is 16.9. The van der Waals surface area contributed by atoms with Gasteiger partial charge in [0.15, 0.2) is 0 Å². The molecule has 0 radical (unpaired) electrons. The number of aryl methyl sites for hydroxylation is 1. The molecular formula is C11H19N3O2. The molecule has 0 bridgehead atoms. The van der Waals surface area contributed by atoms with Gasteiger partial charge in [0.1, 0.15) is 5.54 Å². The molecule has 1 heterocycles. The number of nitrogens with zero attached hydrogens (tertiary/aromatic N) is 3. The van der Waals surface area contributed by atoms with Crippen molar-refractivity contribution >= 4 is 5.97 Å². The fourth-order valence-corrected chi connectivity index (χ4v) is 1.37. The topological polar surface area (TPSA) is 58.4 Å². The molecule has 90 valence electrons. The highest BCUT2D eigenvalue weighted by atomic mass is 16.4. The third-order valence-corrected chi connectivity index (χ3v) is 3.02. The Balaban J connectivity index is 2.78. The van der Waals surface area contributed by atoms with E-state index in [1.807, 2.05) is 11.5 Å². The Morgan fingerprint density at radius 3 is 2.75 bits per heavy atom. The van der Waals surface area contributed by atoms with Gasteiger partial charge in [-0.25, -0.2) is 4.98 Å². The highest BCUT2D eigenvalue weighted by molar-refractivity contribution is 5.77. The highest BCUT2D eigenvalue weighted by Gasteiger charge is 2.32. The second-order valence-electron chi connectivity index (χ2n) is 4.39. The molecule has 0 saturated heterocycles. The lowest BCUT2D eigenvalue weighted by Gasteiger charge is -2.31. The zero-order chi connectivity index (χ0) is 12.3. The largest absolute Gasteiger partial charge is 0.480 e. The van der Waals surface area contributed by atoms with Gasteiger partial charge >= 0.3 is 5.97 Å².